The van der Waals surface area contributed by atoms with E-state index in [1.54, 1.807) is 12.1 Å². The van der Waals surface area contributed by atoms with Crippen molar-refractivity contribution < 1.29 is 9.66 Å². The first-order valence-electron chi connectivity index (χ1n) is 7.15. The van der Waals surface area contributed by atoms with Gasteiger partial charge in [-0.1, -0.05) is 23.3 Å². The zero-order chi connectivity index (χ0) is 15.7. The predicted molar refractivity (Wildman–Crippen MR) is 85.6 cm³/mol. The molecule has 0 aliphatic heterocycles. The van der Waals surface area contributed by atoms with Crippen LogP contribution in [0.5, 0.6) is 5.75 Å². The molecular formula is C17H23NO3. The van der Waals surface area contributed by atoms with Crippen molar-refractivity contribution in [2.75, 3.05) is 6.61 Å². The lowest BCUT2D eigenvalue weighted by Gasteiger charge is -2.04. The molecule has 0 spiro atoms. The van der Waals surface area contributed by atoms with Crippen LogP contribution in [-0.2, 0) is 0 Å². The molecule has 21 heavy (non-hydrogen) atoms. The third kappa shape index (κ3) is 7.30. The number of nitro benzene ring substituents is 1. The normalized spacial score (nSPS) is 11.1. The second kappa shape index (κ2) is 8.95. The lowest BCUT2D eigenvalue weighted by molar-refractivity contribution is -0.384. The van der Waals surface area contributed by atoms with Gasteiger partial charge < -0.3 is 4.74 Å². The Labute approximate surface area is 126 Å². The molecule has 4 nitrogen and oxygen atoms in total. The van der Waals surface area contributed by atoms with Gasteiger partial charge in [0, 0.05) is 12.1 Å². The summed E-state index contributed by atoms with van der Waals surface area (Å²) in [6, 6.07) is 6.17. The minimum Gasteiger partial charge on any atom is -0.493 e. The van der Waals surface area contributed by atoms with Crippen LogP contribution in [0.25, 0.3) is 0 Å². The maximum Gasteiger partial charge on any atom is 0.269 e. The topological polar surface area (TPSA) is 52.4 Å². The van der Waals surface area contributed by atoms with Gasteiger partial charge in [-0.2, -0.15) is 0 Å². The second-order valence-corrected chi connectivity index (χ2v) is 5.26. The molecule has 0 aliphatic carbocycles. The fourth-order valence-electron chi connectivity index (χ4n) is 1.84. The molecule has 0 aromatic heterocycles. The van der Waals surface area contributed by atoms with Gasteiger partial charge in [0.1, 0.15) is 5.75 Å². The Kier molecular flexibility index (Phi) is 7.23. The highest BCUT2D eigenvalue weighted by atomic mass is 16.6. The third-order valence-corrected chi connectivity index (χ3v) is 3.02. The molecule has 0 saturated heterocycles. The van der Waals surface area contributed by atoms with Crippen LogP contribution >= 0.6 is 0 Å². The summed E-state index contributed by atoms with van der Waals surface area (Å²) in [5.74, 6) is 0.663. The van der Waals surface area contributed by atoms with Gasteiger partial charge in [-0.05, 0) is 52.2 Å². The Balaban J connectivity index is 2.29. The SMILES string of the molecule is CC(C)=CCC/C(C)=C/CCOc1ccc([N+](=O)[O-])cc1. The standard InChI is InChI=1S/C17H23NO3/c1-14(2)6-4-7-15(3)8-5-13-21-17-11-9-16(10-12-17)18(19)20/h6,8-12H,4-5,7,13H2,1-3H3/b15-8+. The van der Waals surface area contributed by atoms with Crippen LogP contribution in [0.15, 0.2) is 47.6 Å². The van der Waals surface area contributed by atoms with Gasteiger partial charge in [-0.3, -0.25) is 10.1 Å². The lowest BCUT2D eigenvalue weighted by atomic mass is 10.1. The molecule has 0 heterocycles. The highest BCUT2D eigenvalue weighted by Crippen LogP contribution is 2.17. The number of allylic oxidation sites excluding steroid dienone is 3. The monoisotopic (exact) mass is 289 g/mol. The van der Waals surface area contributed by atoms with E-state index in [-0.39, 0.29) is 5.69 Å². The highest BCUT2D eigenvalue weighted by molar-refractivity contribution is 5.35. The summed E-state index contributed by atoms with van der Waals surface area (Å²) < 4.78 is 5.55. The fraction of sp³-hybridized carbons (Fsp3) is 0.412. The summed E-state index contributed by atoms with van der Waals surface area (Å²) in [5.41, 5.74) is 2.79. The first-order valence-corrected chi connectivity index (χ1v) is 7.15. The summed E-state index contributed by atoms with van der Waals surface area (Å²) >= 11 is 0. The molecular weight excluding hydrogens is 266 g/mol. The van der Waals surface area contributed by atoms with Crippen molar-refractivity contribution in [3.05, 3.63) is 57.7 Å². The van der Waals surface area contributed by atoms with Crippen LogP contribution in [0.4, 0.5) is 5.69 Å². The Bertz CT molecular complexity index is 511. The van der Waals surface area contributed by atoms with Crippen LogP contribution in [0.1, 0.15) is 40.0 Å². The van der Waals surface area contributed by atoms with E-state index in [9.17, 15) is 10.1 Å². The molecule has 0 unspecified atom stereocenters. The van der Waals surface area contributed by atoms with Crippen molar-refractivity contribution >= 4 is 5.69 Å². The quantitative estimate of drug-likeness (QED) is 0.291. The second-order valence-electron chi connectivity index (χ2n) is 5.26. The van der Waals surface area contributed by atoms with Crippen molar-refractivity contribution in [3.63, 3.8) is 0 Å². The van der Waals surface area contributed by atoms with E-state index in [1.165, 1.54) is 23.3 Å². The minimum absolute atomic E-state index is 0.0809. The first kappa shape index (κ1) is 17.0. The molecule has 1 aromatic carbocycles. The molecule has 0 amide bonds. The first-order chi connectivity index (χ1) is 9.99. The zero-order valence-corrected chi connectivity index (χ0v) is 13.0. The van der Waals surface area contributed by atoms with Gasteiger partial charge in [-0.25, -0.2) is 0 Å². The summed E-state index contributed by atoms with van der Waals surface area (Å²) in [6.07, 6.45) is 7.42. The summed E-state index contributed by atoms with van der Waals surface area (Å²) in [6.45, 7) is 6.93. The Morgan fingerprint density at radius 1 is 1.14 bits per heavy atom. The average molecular weight is 289 g/mol. The van der Waals surface area contributed by atoms with Crippen LogP contribution in [0.2, 0.25) is 0 Å². The molecule has 0 atom stereocenters. The van der Waals surface area contributed by atoms with Crippen molar-refractivity contribution in [2.45, 2.75) is 40.0 Å². The van der Waals surface area contributed by atoms with E-state index in [0.717, 1.165) is 19.3 Å². The van der Waals surface area contributed by atoms with Crippen molar-refractivity contribution in [2.24, 2.45) is 0 Å². The fourth-order valence-corrected chi connectivity index (χ4v) is 1.84. The molecule has 1 rings (SSSR count). The molecule has 0 fully saturated rings. The summed E-state index contributed by atoms with van der Waals surface area (Å²) in [5, 5.41) is 10.5. The van der Waals surface area contributed by atoms with Crippen molar-refractivity contribution in [1.29, 1.82) is 0 Å². The number of rotatable bonds is 8. The number of hydrogen-bond acceptors (Lipinski definition) is 3. The molecule has 114 valence electrons. The van der Waals surface area contributed by atoms with Gasteiger partial charge in [0.2, 0.25) is 0 Å². The number of benzene rings is 1. The molecule has 0 saturated carbocycles. The molecule has 0 bridgehead atoms. The Hall–Kier alpha value is -2.10. The van der Waals surface area contributed by atoms with Gasteiger partial charge in [-0.15, -0.1) is 0 Å². The van der Waals surface area contributed by atoms with E-state index in [4.69, 9.17) is 4.74 Å². The smallest absolute Gasteiger partial charge is 0.269 e. The van der Waals surface area contributed by atoms with Crippen LogP contribution in [0.3, 0.4) is 0 Å². The van der Waals surface area contributed by atoms with Gasteiger partial charge >= 0.3 is 0 Å². The number of non-ortho nitro benzene ring substituents is 1. The average Bonchev–Trinajstić information content (AvgIpc) is 2.43. The number of ether oxygens (including phenoxy) is 1. The van der Waals surface area contributed by atoms with Crippen LogP contribution in [0, 0.1) is 10.1 Å². The van der Waals surface area contributed by atoms with Crippen LogP contribution in [-0.4, -0.2) is 11.5 Å². The van der Waals surface area contributed by atoms with Crippen molar-refractivity contribution in [3.8, 4) is 5.75 Å². The zero-order valence-electron chi connectivity index (χ0n) is 13.0. The van der Waals surface area contributed by atoms with Gasteiger partial charge in [0.25, 0.3) is 5.69 Å². The lowest BCUT2D eigenvalue weighted by Crippen LogP contribution is -1.96. The van der Waals surface area contributed by atoms with E-state index in [1.807, 2.05) is 0 Å². The van der Waals surface area contributed by atoms with E-state index >= 15 is 0 Å². The number of nitrogens with zero attached hydrogens (tertiary/aromatic N) is 1. The minimum atomic E-state index is -0.414. The van der Waals surface area contributed by atoms with Gasteiger partial charge in [0.05, 0.1) is 11.5 Å². The third-order valence-electron chi connectivity index (χ3n) is 3.02. The van der Waals surface area contributed by atoms with Gasteiger partial charge in [0.15, 0.2) is 0 Å². The molecule has 0 aliphatic rings. The summed E-state index contributed by atoms with van der Waals surface area (Å²) in [7, 11) is 0. The molecule has 1 aromatic rings. The molecule has 4 heteroatoms. The number of nitro groups is 1. The predicted octanol–water partition coefficient (Wildman–Crippen LogP) is 5.06. The number of hydrogen-bond donors (Lipinski definition) is 0. The Morgan fingerprint density at radius 2 is 1.81 bits per heavy atom. The summed E-state index contributed by atoms with van der Waals surface area (Å²) in [4.78, 5) is 10.1. The van der Waals surface area contributed by atoms with E-state index in [0.29, 0.717) is 12.4 Å². The van der Waals surface area contributed by atoms with Crippen molar-refractivity contribution in [1.82, 2.24) is 0 Å². The van der Waals surface area contributed by atoms with E-state index < -0.39 is 4.92 Å². The Morgan fingerprint density at radius 3 is 2.38 bits per heavy atom. The van der Waals surface area contributed by atoms with E-state index in [2.05, 4.69) is 32.9 Å². The highest BCUT2D eigenvalue weighted by Gasteiger charge is 2.03. The molecule has 0 radical (unpaired) electrons. The maximum absolute atomic E-state index is 10.5. The largest absolute Gasteiger partial charge is 0.493 e. The molecule has 0 N–H and O–H groups in total. The maximum atomic E-state index is 10.5. The van der Waals surface area contributed by atoms with Crippen LogP contribution < -0.4 is 4.74 Å².